The molecule has 104 valence electrons. The fourth-order valence-corrected chi connectivity index (χ4v) is 2.90. The van der Waals surface area contributed by atoms with Gasteiger partial charge in [-0.15, -0.1) is 11.3 Å². The summed E-state index contributed by atoms with van der Waals surface area (Å²) in [6.45, 7) is 2.93. The second kappa shape index (κ2) is 5.67. The molecule has 2 aromatic rings. The van der Waals surface area contributed by atoms with Gasteiger partial charge in [0.2, 0.25) is 5.91 Å². The maximum Gasteiger partial charge on any atom is 0.227 e. The quantitative estimate of drug-likeness (QED) is 0.871. The maximum absolute atomic E-state index is 11.7. The van der Waals surface area contributed by atoms with Crippen molar-refractivity contribution in [2.75, 3.05) is 10.6 Å². The van der Waals surface area contributed by atoms with E-state index in [9.17, 15) is 4.79 Å². The molecule has 1 aromatic heterocycles. The van der Waals surface area contributed by atoms with Crippen molar-refractivity contribution in [3.05, 3.63) is 46.2 Å². The van der Waals surface area contributed by atoms with Crippen LogP contribution in [0.1, 0.15) is 22.6 Å². The topological polar surface area (TPSA) is 41.1 Å². The Labute approximate surface area is 123 Å². The van der Waals surface area contributed by atoms with Gasteiger partial charge >= 0.3 is 0 Å². The van der Waals surface area contributed by atoms with Gasteiger partial charge in [-0.1, -0.05) is 6.07 Å². The first kappa shape index (κ1) is 13.2. The largest absolute Gasteiger partial charge is 0.380 e. The van der Waals surface area contributed by atoms with Crippen molar-refractivity contribution in [3.63, 3.8) is 0 Å². The average molecular weight is 286 g/mol. The van der Waals surface area contributed by atoms with Crippen LogP contribution < -0.4 is 10.6 Å². The summed E-state index contributed by atoms with van der Waals surface area (Å²) in [6.07, 6.45) is 2.06. The lowest BCUT2D eigenvalue weighted by molar-refractivity contribution is -0.117. The molecule has 1 amide bonds. The summed E-state index contributed by atoms with van der Waals surface area (Å²) in [4.78, 5) is 14.4. The fraction of sp³-hybridized carbons (Fsp3) is 0.312. The van der Waals surface area contributed by atoms with Crippen LogP contribution in [0.4, 0.5) is 11.4 Å². The van der Waals surface area contributed by atoms with E-state index in [-0.39, 0.29) is 11.8 Å². The zero-order valence-electron chi connectivity index (χ0n) is 11.5. The number of thiophene rings is 1. The van der Waals surface area contributed by atoms with Crippen molar-refractivity contribution in [2.45, 2.75) is 26.3 Å². The molecule has 0 spiro atoms. The van der Waals surface area contributed by atoms with Crippen LogP contribution in [0.5, 0.6) is 0 Å². The van der Waals surface area contributed by atoms with Gasteiger partial charge in [0.25, 0.3) is 0 Å². The van der Waals surface area contributed by atoms with Gasteiger partial charge in [0.15, 0.2) is 0 Å². The van der Waals surface area contributed by atoms with Gasteiger partial charge < -0.3 is 10.6 Å². The third-order valence-corrected chi connectivity index (χ3v) is 4.34. The second-order valence-corrected chi connectivity index (χ2v) is 6.58. The Kier molecular flexibility index (Phi) is 3.74. The van der Waals surface area contributed by atoms with E-state index >= 15 is 0 Å². The van der Waals surface area contributed by atoms with Gasteiger partial charge in [-0.3, -0.25) is 4.79 Å². The van der Waals surface area contributed by atoms with E-state index in [1.165, 1.54) is 9.75 Å². The number of hydrogen-bond acceptors (Lipinski definition) is 3. The molecule has 0 bridgehead atoms. The SMILES string of the molecule is Cc1ccc(CNc2cccc(NC(=O)C3CC3)c2)s1. The molecule has 1 aliphatic rings. The van der Waals surface area contributed by atoms with Gasteiger partial charge in [-0.2, -0.15) is 0 Å². The van der Waals surface area contributed by atoms with Crippen LogP contribution in [0, 0.1) is 12.8 Å². The predicted octanol–water partition coefficient (Wildman–Crippen LogP) is 4.02. The molecule has 1 heterocycles. The number of rotatable bonds is 5. The Morgan fingerprint density at radius 3 is 2.75 bits per heavy atom. The lowest BCUT2D eigenvalue weighted by Gasteiger charge is -2.08. The smallest absolute Gasteiger partial charge is 0.227 e. The van der Waals surface area contributed by atoms with Crippen LogP contribution in [0.2, 0.25) is 0 Å². The lowest BCUT2D eigenvalue weighted by atomic mass is 10.2. The minimum atomic E-state index is 0.149. The number of aryl methyl sites for hydroxylation is 1. The average Bonchev–Trinajstić information content (AvgIpc) is 3.20. The Hall–Kier alpha value is -1.81. The first-order chi connectivity index (χ1) is 9.70. The van der Waals surface area contributed by atoms with Gasteiger partial charge in [-0.25, -0.2) is 0 Å². The second-order valence-electron chi connectivity index (χ2n) is 5.21. The Balaban J connectivity index is 1.60. The summed E-state index contributed by atoms with van der Waals surface area (Å²) >= 11 is 1.80. The maximum atomic E-state index is 11.7. The van der Waals surface area contributed by atoms with Crippen LogP contribution in [-0.2, 0) is 11.3 Å². The van der Waals surface area contributed by atoms with Crippen LogP contribution in [0.25, 0.3) is 0 Å². The lowest BCUT2D eigenvalue weighted by Crippen LogP contribution is -2.13. The Bertz CT molecular complexity index is 616. The normalized spacial score (nSPS) is 14.1. The zero-order valence-corrected chi connectivity index (χ0v) is 12.3. The molecule has 0 unspecified atom stereocenters. The van der Waals surface area contributed by atoms with E-state index in [1.807, 2.05) is 24.3 Å². The van der Waals surface area contributed by atoms with Crippen LogP contribution in [0.3, 0.4) is 0 Å². The molecule has 0 saturated heterocycles. The van der Waals surface area contributed by atoms with E-state index in [2.05, 4.69) is 29.7 Å². The van der Waals surface area contributed by atoms with E-state index in [1.54, 1.807) is 11.3 Å². The summed E-state index contributed by atoms with van der Waals surface area (Å²) in [5.41, 5.74) is 1.90. The van der Waals surface area contributed by atoms with Gasteiger partial charge in [0.1, 0.15) is 0 Å². The zero-order chi connectivity index (χ0) is 13.9. The minimum absolute atomic E-state index is 0.149. The highest BCUT2D eigenvalue weighted by Crippen LogP contribution is 2.30. The third kappa shape index (κ3) is 3.39. The highest BCUT2D eigenvalue weighted by molar-refractivity contribution is 7.11. The molecule has 1 fully saturated rings. The molecule has 1 aromatic carbocycles. The molecule has 3 nitrogen and oxygen atoms in total. The van der Waals surface area contributed by atoms with Crippen molar-refractivity contribution in [1.29, 1.82) is 0 Å². The molecular formula is C16H18N2OS. The third-order valence-electron chi connectivity index (χ3n) is 3.34. The molecule has 0 aliphatic heterocycles. The molecule has 20 heavy (non-hydrogen) atoms. The van der Waals surface area contributed by atoms with Crippen molar-refractivity contribution in [1.82, 2.24) is 0 Å². The molecule has 1 saturated carbocycles. The predicted molar refractivity (Wildman–Crippen MR) is 84.2 cm³/mol. The van der Waals surface area contributed by atoms with E-state index in [4.69, 9.17) is 0 Å². The monoisotopic (exact) mass is 286 g/mol. The molecule has 1 aliphatic carbocycles. The summed E-state index contributed by atoms with van der Waals surface area (Å²) < 4.78 is 0. The summed E-state index contributed by atoms with van der Waals surface area (Å²) in [7, 11) is 0. The first-order valence-corrected chi connectivity index (χ1v) is 7.72. The van der Waals surface area contributed by atoms with Crippen LogP contribution in [0.15, 0.2) is 36.4 Å². The number of amides is 1. The Morgan fingerprint density at radius 2 is 2.05 bits per heavy atom. The molecular weight excluding hydrogens is 268 g/mol. The van der Waals surface area contributed by atoms with Crippen molar-refractivity contribution >= 4 is 28.6 Å². The molecule has 2 N–H and O–H groups in total. The number of anilines is 2. The van der Waals surface area contributed by atoms with E-state index in [0.29, 0.717) is 0 Å². The highest BCUT2D eigenvalue weighted by Gasteiger charge is 2.29. The molecule has 3 rings (SSSR count). The highest BCUT2D eigenvalue weighted by atomic mass is 32.1. The number of carbonyl (C=O) groups excluding carboxylic acids is 1. The van der Waals surface area contributed by atoms with E-state index < -0.39 is 0 Å². The van der Waals surface area contributed by atoms with Crippen molar-refractivity contribution in [3.8, 4) is 0 Å². The number of benzene rings is 1. The van der Waals surface area contributed by atoms with Crippen LogP contribution in [-0.4, -0.2) is 5.91 Å². The van der Waals surface area contributed by atoms with Crippen LogP contribution >= 0.6 is 11.3 Å². The summed E-state index contributed by atoms with van der Waals surface area (Å²) in [5.74, 6) is 0.386. The Morgan fingerprint density at radius 1 is 1.25 bits per heavy atom. The molecule has 4 heteroatoms. The molecule has 0 radical (unpaired) electrons. The summed E-state index contributed by atoms with van der Waals surface area (Å²) in [5, 5.41) is 6.36. The standard InChI is InChI=1S/C16H18N2OS/c1-11-5-8-15(20-11)10-17-13-3-2-4-14(9-13)18-16(19)12-6-7-12/h2-5,8-9,12,17H,6-7,10H2,1H3,(H,18,19). The van der Waals surface area contributed by atoms with Crippen molar-refractivity contribution < 1.29 is 4.79 Å². The van der Waals surface area contributed by atoms with Crippen molar-refractivity contribution in [2.24, 2.45) is 5.92 Å². The number of hydrogen-bond donors (Lipinski definition) is 2. The van der Waals surface area contributed by atoms with E-state index in [0.717, 1.165) is 30.8 Å². The first-order valence-electron chi connectivity index (χ1n) is 6.91. The summed E-state index contributed by atoms with van der Waals surface area (Å²) in [6, 6.07) is 12.2. The fourth-order valence-electron chi connectivity index (χ4n) is 2.07. The minimum Gasteiger partial charge on any atom is -0.380 e. The van der Waals surface area contributed by atoms with Gasteiger partial charge in [0, 0.05) is 33.6 Å². The van der Waals surface area contributed by atoms with Gasteiger partial charge in [-0.05, 0) is 50.1 Å². The number of nitrogens with one attached hydrogen (secondary N) is 2. The van der Waals surface area contributed by atoms with Gasteiger partial charge in [0.05, 0.1) is 0 Å². The molecule has 0 atom stereocenters. The number of carbonyl (C=O) groups is 1.